The number of amides is 1. The smallest absolute Gasteiger partial charge is 0.408 e. The molecule has 2 aromatic carbocycles. The Hall–Kier alpha value is -2.31. The lowest BCUT2D eigenvalue weighted by Crippen LogP contribution is -2.60. The van der Waals surface area contributed by atoms with Crippen molar-refractivity contribution >= 4 is 17.7 Å². The van der Waals surface area contributed by atoms with Crippen molar-refractivity contribution in [1.29, 1.82) is 0 Å². The summed E-state index contributed by atoms with van der Waals surface area (Å²) in [5.41, 5.74) is 2.48. The van der Waals surface area contributed by atoms with Crippen LogP contribution in [0.1, 0.15) is 50.8 Å². The number of piperidine rings is 3. The Bertz CT molecular complexity index is 1110. The standard InChI is InChI=1S/C27H32ClFN2O3/c1-4-34-18-5-6-19(22(28)12-18)21-11-17-14-27(2,3)25(20(17)13-23(21)29)31(26(32)33)24-15-30-9-7-16(24)8-10-30/h5-6,11-13,16,24-25H,4,7-10,14-15H2,1-3H3,(H,32,33)/t24-,25+/m1/s1. The van der Waals surface area contributed by atoms with Gasteiger partial charge in [0, 0.05) is 17.7 Å². The van der Waals surface area contributed by atoms with Crippen LogP contribution >= 0.6 is 11.6 Å². The summed E-state index contributed by atoms with van der Waals surface area (Å²) in [4.78, 5) is 16.7. The lowest BCUT2D eigenvalue weighted by Gasteiger charge is -2.51. The zero-order chi connectivity index (χ0) is 24.2. The zero-order valence-electron chi connectivity index (χ0n) is 20.0. The van der Waals surface area contributed by atoms with Crippen LogP contribution in [0.4, 0.5) is 9.18 Å². The Morgan fingerprint density at radius 1 is 1.24 bits per heavy atom. The summed E-state index contributed by atoms with van der Waals surface area (Å²) in [6, 6.07) is 8.26. The molecule has 182 valence electrons. The van der Waals surface area contributed by atoms with Gasteiger partial charge in [0.05, 0.1) is 23.7 Å². The van der Waals surface area contributed by atoms with Crippen molar-refractivity contribution in [2.75, 3.05) is 26.2 Å². The van der Waals surface area contributed by atoms with Gasteiger partial charge in [0.2, 0.25) is 0 Å². The largest absolute Gasteiger partial charge is 0.494 e. The van der Waals surface area contributed by atoms with Crippen molar-refractivity contribution in [3.8, 4) is 16.9 Å². The molecule has 3 heterocycles. The van der Waals surface area contributed by atoms with E-state index in [0.29, 0.717) is 40.8 Å². The molecule has 7 heteroatoms. The summed E-state index contributed by atoms with van der Waals surface area (Å²) >= 11 is 6.50. The normalized spacial score (nSPS) is 26.9. The van der Waals surface area contributed by atoms with Gasteiger partial charge in [0.15, 0.2) is 0 Å². The molecule has 0 radical (unpaired) electrons. The minimum absolute atomic E-state index is 0.0569. The highest BCUT2D eigenvalue weighted by atomic mass is 35.5. The second-order valence-corrected chi connectivity index (χ2v) is 11.0. The lowest BCUT2D eigenvalue weighted by molar-refractivity contribution is -0.0267. The highest BCUT2D eigenvalue weighted by molar-refractivity contribution is 6.33. The molecule has 0 unspecified atom stereocenters. The van der Waals surface area contributed by atoms with E-state index in [-0.39, 0.29) is 23.3 Å². The Labute approximate surface area is 205 Å². The van der Waals surface area contributed by atoms with E-state index in [1.807, 2.05) is 13.0 Å². The van der Waals surface area contributed by atoms with E-state index >= 15 is 4.39 Å². The summed E-state index contributed by atoms with van der Waals surface area (Å²) in [6.45, 7) is 9.46. The maximum absolute atomic E-state index is 15.6. The maximum atomic E-state index is 15.6. The molecule has 6 rings (SSSR count). The second kappa shape index (κ2) is 8.72. The van der Waals surface area contributed by atoms with Crippen LogP contribution in [0.5, 0.6) is 5.75 Å². The van der Waals surface area contributed by atoms with E-state index < -0.39 is 6.09 Å². The van der Waals surface area contributed by atoms with E-state index in [4.69, 9.17) is 16.3 Å². The average Bonchev–Trinajstić information content (AvgIpc) is 3.04. The number of ether oxygens (including phenoxy) is 1. The van der Waals surface area contributed by atoms with Gasteiger partial charge in [-0.1, -0.05) is 25.4 Å². The molecule has 3 fully saturated rings. The number of halogens is 2. The molecule has 0 spiro atoms. The van der Waals surface area contributed by atoms with E-state index in [0.717, 1.165) is 43.6 Å². The number of nitrogens with zero attached hydrogens (tertiary/aromatic N) is 2. The molecule has 2 aromatic rings. The van der Waals surface area contributed by atoms with Crippen LogP contribution in [0.3, 0.4) is 0 Å². The minimum Gasteiger partial charge on any atom is -0.494 e. The zero-order valence-corrected chi connectivity index (χ0v) is 20.7. The molecule has 1 N–H and O–H groups in total. The topological polar surface area (TPSA) is 53.0 Å². The predicted molar refractivity (Wildman–Crippen MR) is 131 cm³/mol. The highest BCUT2D eigenvalue weighted by Crippen LogP contribution is 2.52. The number of carboxylic acid groups (broad SMARTS) is 1. The fourth-order valence-electron chi connectivity index (χ4n) is 6.45. The molecular weight excluding hydrogens is 455 g/mol. The van der Waals surface area contributed by atoms with Crippen LogP contribution in [0, 0.1) is 17.2 Å². The lowest BCUT2D eigenvalue weighted by atomic mass is 9.79. The third-order valence-corrected chi connectivity index (χ3v) is 8.24. The molecule has 1 aliphatic carbocycles. The number of hydrogen-bond donors (Lipinski definition) is 1. The summed E-state index contributed by atoms with van der Waals surface area (Å²) in [5.74, 6) is 0.633. The van der Waals surface area contributed by atoms with Crippen LogP contribution in [0.25, 0.3) is 11.1 Å². The number of rotatable bonds is 5. The van der Waals surface area contributed by atoms with E-state index in [9.17, 15) is 9.90 Å². The van der Waals surface area contributed by atoms with Crippen LogP contribution in [-0.4, -0.2) is 53.3 Å². The van der Waals surface area contributed by atoms with Crippen molar-refractivity contribution in [3.63, 3.8) is 0 Å². The Kier molecular flexibility index (Phi) is 6.01. The van der Waals surface area contributed by atoms with Crippen LogP contribution in [0.15, 0.2) is 30.3 Å². The van der Waals surface area contributed by atoms with Gasteiger partial charge in [-0.25, -0.2) is 9.18 Å². The van der Waals surface area contributed by atoms with E-state index in [1.165, 1.54) is 0 Å². The first kappa shape index (κ1) is 23.4. The van der Waals surface area contributed by atoms with Crippen LogP contribution in [0.2, 0.25) is 5.02 Å². The maximum Gasteiger partial charge on any atom is 0.408 e. The van der Waals surface area contributed by atoms with Crippen LogP contribution < -0.4 is 4.74 Å². The Morgan fingerprint density at radius 2 is 1.97 bits per heavy atom. The molecule has 2 atom stereocenters. The molecule has 3 aliphatic heterocycles. The summed E-state index contributed by atoms with van der Waals surface area (Å²) in [7, 11) is 0. The van der Waals surface area contributed by atoms with Gasteiger partial charge in [-0.05, 0) is 92.1 Å². The molecule has 2 bridgehead atoms. The highest BCUT2D eigenvalue weighted by Gasteiger charge is 2.50. The van der Waals surface area contributed by atoms with Gasteiger partial charge in [-0.15, -0.1) is 0 Å². The fourth-order valence-corrected chi connectivity index (χ4v) is 6.72. The van der Waals surface area contributed by atoms with Crippen molar-refractivity contribution < 1.29 is 19.0 Å². The van der Waals surface area contributed by atoms with Gasteiger partial charge < -0.3 is 14.7 Å². The fraction of sp³-hybridized carbons (Fsp3) is 0.519. The molecule has 4 aliphatic rings. The minimum atomic E-state index is -0.913. The second-order valence-electron chi connectivity index (χ2n) is 10.6. The molecule has 0 aromatic heterocycles. The number of benzene rings is 2. The van der Waals surface area contributed by atoms with Crippen molar-refractivity contribution in [3.05, 3.63) is 52.3 Å². The van der Waals surface area contributed by atoms with E-state index in [1.54, 1.807) is 29.2 Å². The molecule has 1 amide bonds. The van der Waals surface area contributed by atoms with Crippen molar-refractivity contribution in [2.24, 2.45) is 11.3 Å². The molecule has 34 heavy (non-hydrogen) atoms. The Balaban J connectivity index is 1.54. The number of fused-ring (bicyclic) bond motifs is 4. The molecule has 3 saturated heterocycles. The SMILES string of the molecule is CCOc1ccc(-c2cc3c(cc2F)[C@H](N(C(=O)O)[C@@H]2CN4CCC2CC4)C(C)(C)C3)c(Cl)c1. The third kappa shape index (κ3) is 3.95. The van der Waals surface area contributed by atoms with Gasteiger partial charge in [0.25, 0.3) is 0 Å². The first-order chi connectivity index (χ1) is 16.2. The van der Waals surface area contributed by atoms with Gasteiger partial charge in [-0.3, -0.25) is 4.90 Å². The van der Waals surface area contributed by atoms with E-state index in [2.05, 4.69) is 18.7 Å². The van der Waals surface area contributed by atoms with Gasteiger partial charge in [-0.2, -0.15) is 0 Å². The summed E-state index contributed by atoms with van der Waals surface area (Å²) in [5, 5.41) is 10.8. The quantitative estimate of drug-likeness (QED) is 0.543. The van der Waals surface area contributed by atoms with Crippen LogP contribution in [-0.2, 0) is 6.42 Å². The van der Waals surface area contributed by atoms with Crippen molar-refractivity contribution in [1.82, 2.24) is 9.80 Å². The molecular formula is C27H32ClFN2O3. The predicted octanol–water partition coefficient (Wildman–Crippen LogP) is 6.24. The first-order valence-corrected chi connectivity index (χ1v) is 12.6. The number of carbonyl (C=O) groups is 1. The molecule has 5 nitrogen and oxygen atoms in total. The number of hydrogen-bond acceptors (Lipinski definition) is 3. The van der Waals surface area contributed by atoms with Gasteiger partial charge >= 0.3 is 6.09 Å². The summed E-state index contributed by atoms with van der Waals surface area (Å²) < 4.78 is 21.1. The first-order valence-electron chi connectivity index (χ1n) is 12.2. The summed E-state index contributed by atoms with van der Waals surface area (Å²) in [6.07, 6.45) is 1.82. The van der Waals surface area contributed by atoms with Gasteiger partial charge in [0.1, 0.15) is 11.6 Å². The van der Waals surface area contributed by atoms with Crippen molar-refractivity contribution in [2.45, 2.75) is 52.1 Å². The third-order valence-electron chi connectivity index (χ3n) is 7.93. The average molecular weight is 487 g/mol. The Morgan fingerprint density at radius 3 is 2.56 bits per heavy atom. The molecule has 0 saturated carbocycles. The monoisotopic (exact) mass is 486 g/mol.